The molecule has 5 rings (SSSR count). The molecule has 1 aliphatic carbocycles. The number of Topliss-reactive ketones (excluding diaryl/α,β-unsaturated/α-hetero) is 1. The summed E-state index contributed by atoms with van der Waals surface area (Å²) in [6, 6.07) is 12.2. The number of carbonyl (C=O) groups excluding carboxylic acids is 1. The van der Waals surface area contributed by atoms with E-state index in [0.29, 0.717) is 23.7 Å². The molecule has 1 spiro atoms. The van der Waals surface area contributed by atoms with Gasteiger partial charge in [-0.25, -0.2) is 0 Å². The molecule has 30 heavy (non-hydrogen) atoms. The summed E-state index contributed by atoms with van der Waals surface area (Å²) in [5.74, 6) is 0.657. The van der Waals surface area contributed by atoms with Crippen LogP contribution in [0, 0.1) is 0 Å². The highest BCUT2D eigenvalue weighted by molar-refractivity contribution is 6.00. The van der Waals surface area contributed by atoms with Crippen LogP contribution < -0.4 is 11.5 Å². The van der Waals surface area contributed by atoms with Gasteiger partial charge in [0, 0.05) is 23.4 Å². The van der Waals surface area contributed by atoms with Crippen LogP contribution in [0.5, 0.6) is 0 Å². The molecule has 2 heterocycles. The molecule has 2 saturated heterocycles. The Bertz CT molecular complexity index is 1050. The second-order valence-electron chi connectivity index (χ2n) is 10.0. The van der Waals surface area contributed by atoms with Gasteiger partial charge in [0.15, 0.2) is 5.60 Å². The number of nitrogen functional groups attached to an aromatic ring is 2. The summed E-state index contributed by atoms with van der Waals surface area (Å²) in [7, 11) is 0. The zero-order chi connectivity index (χ0) is 21.5. The normalized spacial score (nSPS) is 28.8. The summed E-state index contributed by atoms with van der Waals surface area (Å²) in [6.07, 6.45) is 2.96. The standard InChI is InChI=1S/C25H30N2O3/c1-23(2)22(28)25(24(3,4)30-23)21(29-25)12-16-11-15(7-9-18(16)14-5-6-14)19-10-8-17(26)13-20(19)27/h7-11,13-14,21H,5-6,12,26-27H2,1-4H3. The van der Waals surface area contributed by atoms with Crippen molar-refractivity contribution in [2.24, 2.45) is 0 Å². The number of benzene rings is 2. The molecule has 5 nitrogen and oxygen atoms in total. The first-order valence-corrected chi connectivity index (χ1v) is 10.8. The van der Waals surface area contributed by atoms with Gasteiger partial charge >= 0.3 is 0 Å². The van der Waals surface area contributed by atoms with E-state index in [-0.39, 0.29) is 11.9 Å². The van der Waals surface area contributed by atoms with E-state index in [1.165, 1.54) is 24.0 Å². The van der Waals surface area contributed by atoms with E-state index in [9.17, 15) is 4.79 Å². The van der Waals surface area contributed by atoms with Crippen molar-refractivity contribution in [1.82, 2.24) is 0 Å². The Morgan fingerprint density at radius 3 is 2.37 bits per heavy atom. The van der Waals surface area contributed by atoms with E-state index in [4.69, 9.17) is 20.9 Å². The highest BCUT2D eigenvalue weighted by Gasteiger charge is 2.78. The Morgan fingerprint density at radius 2 is 1.77 bits per heavy atom. The Kier molecular flexibility index (Phi) is 3.97. The Morgan fingerprint density at radius 1 is 1.03 bits per heavy atom. The first-order chi connectivity index (χ1) is 14.0. The lowest BCUT2D eigenvalue weighted by Gasteiger charge is -2.24. The molecule has 1 saturated carbocycles. The minimum atomic E-state index is -0.854. The number of anilines is 2. The first kappa shape index (κ1) is 19.6. The maximum Gasteiger partial charge on any atom is 0.201 e. The van der Waals surface area contributed by atoms with Crippen molar-refractivity contribution >= 4 is 17.2 Å². The predicted molar refractivity (Wildman–Crippen MR) is 118 cm³/mol. The van der Waals surface area contributed by atoms with Crippen LogP contribution in [0.25, 0.3) is 11.1 Å². The van der Waals surface area contributed by atoms with Crippen LogP contribution in [0.1, 0.15) is 57.6 Å². The molecule has 3 fully saturated rings. The molecule has 0 aromatic heterocycles. The van der Waals surface area contributed by atoms with Crippen molar-refractivity contribution in [3.8, 4) is 11.1 Å². The summed E-state index contributed by atoms with van der Waals surface area (Å²) in [4.78, 5) is 13.1. The number of carbonyl (C=O) groups is 1. The number of ketones is 1. The van der Waals surface area contributed by atoms with Crippen LogP contribution >= 0.6 is 0 Å². The van der Waals surface area contributed by atoms with Crippen LogP contribution in [-0.4, -0.2) is 28.7 Å². The van der Waals surface area contributed by atoms with Crippen molar-refractivity contribution in [2.75, 3.05) is 11.5 Å². The average Bonchev–Trinajstić information content (AvgIpc) is 3.54. The van der Waals surface area contributed by atoms with Crippen molar-refractivity contribution in [2.45, 2.75) is 75.8 Å². The number of ether oxygens (including phenoxy) is 2. The smallest absolute Gasteiger partial charge is 0.201 e. The third-order valence-corrected chi connectivity index (χ3v) is 6.97. The molecule has 0 radical (unpaired) electrons. The van der Waals surface area contributed by atoms with E-state index >= 15 is 0 Å². The number of hydrogen-bond acceptors (Lipinski definition) is 5. The molecule has 2 aliphatic heterocycles. The van der Waals surface area contributed by atoms with E-state index in [2.05, 4.69) is 18.2 Å². The number of hydrogen-bond donors (Lipinski definition) is 2. The van der Waals surface area contributed by atoms with Gasteiger partial charge in [-0.3, -0.25) is 4.79 Å². The van der Waals surface area contributed by atoms with Crippen LogP contribution in [0.3, 0.4) is 0 Å². The van der Waals surface area contributed by atoms with Gasteiger partial charge < -0.3 is 20.9 Å². The highest BCUT2D eigenvalue weighted by atomic mass is 16.7. The Labute approximate surface area is 177 Å². The number of rotatable bonds is 4. The maximum absolute atomic E-state index is 13.1. The molecule has 2 aromatic carbocycles. The van der Waals surface area contributed by atoms with Gasteiger partial charge in [0.05, 0.1) is 0 Å². The minimum Gasteiger partial charge on any atom is -0.399 e. The molecule has 5 heteroatoms. The lowest BCUT2D eigenvalue weighted by molar-refractivity contribution is -0.132. The maximum atomic E-state index is 13.1. The Hall–Kier alpha value is -2.37. The fourth-order valence-electron chi connectivity index (χ4n) is 5.37. The summed E-state index contributed by atoms with van der Waals surface area (Å²) in [5, 5.41) is 0. The van der Waals surface area contributed by atoms with E-state index in [0.717, 1.165) is 11.1 Å². The molecule has 2 aromatic rings. The molecule has 158 valence electrons. The van der Waals surface area contributed by atoms with Gasteiger partial charge in [0.1, 0.15) is 17.3 Å². The lowest BCUT2D eigenvalue weighted by atomic mass is 9.80. The van der Waals surface area contributed by atoms with Crippen LogP contribution in [0.15, 0.2) is 36.4 Å². The van der Waals surface area contributed by atoms with Crippen LogP contribution in [0.4, 0.5) is 11.4 Å². The van der Waals surface area contributed by atoms with Gasteiger partial charge in [-0.2, -0.15) is 0 Å². The molecule has 0 amide bonds. The zero-order valence-electron chi connectivity index (χ0n) is 18.1. The predicted octanol–water partition coefficient (Wildman–Crippen LogP) is 4.23. The summed E-state index contributed by atoms with van der Waals surface area (Å²) < 4.78 is 12.3. The first-order valence-electron chi connectivity index (χ1n) is 10.8. The summed E-state index contributed by atoms with van der Waals surface area (Å²) in [6.45, 7) is 7.61. The zero-order valence-corrected chi connectivity index (χ0v) is 18.1. The molecule has 2 atom stereocenters. The fraction of sp³-hybridized carbons (Fsp3) is 0.480. The van der Waals surface area contributed by atoms with Crippen LogP contribution in [-0.2, 0) is 20.7 Å². The van der Waals surface area contributed by atoms with Gasteiger partial charge in [-0.1, -0.05) is 24.3 Å². The van der Waals surface area contributed by atoms with Crippen molar-refractivity contribution in [3.63, 3.8) is 0 Å². The molecule has 4 N–H and O–H groups in total. The topological polar surface area (TPSA) is 90.9 Å². The summed E-state index contributed by atoms with van der Waals surface area (Å²) >= 11 is 0. The number of epoxide rings is 1. The van der Waals surface area contributed by atoms with Crippen molar-refractivity contribution < 1.29 is 14.3 Å². The second-order valence-corrected chi connectivity index (χ2v) is 10.0. The van der Waals surface area contributed by atoms with E-state index in [1.807, 2.05) is 39.8 Å². The lowest BCUT2D eigenvalue weighted by Crippen LogP contribution is -2.42. The van der Waals surface area contributed by atoms with E-state index < -0.39 is 16.8 Å². The fourth-order valence-corrected chi connectivity index (χ4v) is 5.37. The number of nitrogens with two attached hydrogens (primary N) is 2. The third-order valence-electron chi connectivity index (χ3n) is 6.97. The minimum absolute atomic E-state index is 0.0527. The third kappa shape index (κ3) is 2.79. The summed E-state index contributed by atoms with van der Waals surface area (Å²) in [5.41, 5.74) is 15.8. The van der Waals surface area contributed by atoms with Crippen molar-refractivity contribution in [3.05, 3.63) is 47.5 Å². The van der Waals surface area contributed by atoms with Crippen molar-refractivity contribution in [1.29, 1.82) is 0 Å². The van der Waals surface area contributed by atoms with Gasteiger partial charge in [-0.05, 0) is 75.3 Å². The van der Waals surface area contributed by atoms with Crippen LogP contribution in [0.2, 0.25) is 0 Å². The molecule has 2 unspecified atom stereocenters. The SMILES string of the molecule is CC1(C)OC(C)(C)C2(OC2Cc2cc(-c3ccc(N)cc3N)ccc2C2CC2)C1=O. The monoisotopic (exact) mass is 406 g/mol. The molecule has 0 bridgehead atoms. The van der Waals surface area contributed by atoms with Gasteiger partial charge in [0.2, 0.25) is 5.78 Å². The van der Waals surface area contributed by atoms with E-state index in [1.54, 1.807) is 6.07 Å². The molecule has 3 aliphatic rings. The molecular formula is C25H30N2O3. The average molecular weight is 407 g/mol. The second kappa shape index (κ2) is 6.08. The largest absolute Gasteiger partial charge is 0.399 e. The quantitative estimate of drug-likeness (QED) is 0.586. The highest BCUT2D eigenvalue weighted by Crippen LogP contribution is 2.57. The van der Waals surface area contributed by atoms with Gasteiger partial charge in [0.25, 0.3) is 0 Å². The molecular weight excluding hydrogens is 376 g/mol. The Balaban J connectivity index is 1.50. The van der Waals surface area contributed by atoms with Gasteiger partial charge in [-0.15, -0.1) is 0 Å².